The summed E-state index contributed by atoms with van der Waals surface area (Å²) in [5.41, 5.74) is 2.36. The normalized spacial score (nSPS) is 10.4. The van der Waals surface area contributed by atoms with Crippen LogP contribution in [0.15, 0.2) is 30.6 Å². The van der Waals surface area contributed by atoms with Crippen molar-refractivity contribution < 1.29 is 9.90 Å². The Kier molecular flexibility index (Phi) is 3.23. The van der Waals surface area contributed by atoms with Crippen molar-refractivity contribution in [1.29, 1.82) is 0 Å². The van der Waals surface area contributed by atoms with E-state index in [1.165, 1.54) is 11.1 Å². The molecule has 1 amide bonds. The molecule has 0 atom stereocenters. The van der Waals surface area contributed by atoms with Crippen LogP contribution in [0.5, 0.6) is 0 Å². The number of hydrogen-bond donors (Lipinski definition) is 2. The number of aryl methyl sites for hydroxylation is 1. The average molecular weight is 230 g/mol. The number of benzene rings is 1. The predicted molar refractivity (Wildman–Crippen MR) is 66.2 cm³/mol. The van der Waals surface area contributed by atoms with Gasteiger partial charge in [0.15, 0.2) is 0 Å². The molecule has 0 aliphatic heterocycles. The van der Waals surface area contributed by atoms with Crippen molar-refractivity contribution in [1.82, 2.24) is 10.3 Å². The Balaban J connectivity index is 2.31. The smallest absolute Gasteiger partial charge is 0.404 e. The van der Waals surface area contributed by atoms with Crippen LogP contribution in [0.25, 0.3) is 10.8 Å². The highest BCUT2D eigenvalue weighted by molar-refractivity contribution is 5.85. The van der Waals surface area contributed by atoms with Crippen molar-refractivity contribution in [2.24, 2.45) is 0 Å². The molecule has 2 rings (SSSR count). The Bertz CT molecular complexity index is 552. The van der Waals surface area contributed by atoms with E-state index in [0.717, 1.165) is 10.8 Å². The summed E-state index contributed by atoms with van der Waals surface area (Å²) in [5, 5.41) is 13.2. The summed E-state index contributed by atoms with van der Waals surface area (Å²) in [5.74, 6) is 0. The summed E-state index contributed by atoms with van der Waals surface area (Å²) in [6, 6.07) is 6.05. The lowest BCUT2D eigenvalue weighted by molar-refractivity contribution is 0.194. The number of fused-ring (bicyclic) bond motifs is 1. The Morgan fingerprint density at radius 2 is 2.24 bits per heavy atom. The summed E-state index contributed by atoms with van der Waals surface area (Å²) >= 11 is 0. The van der Waals surface area contributed by atoms with Crippen LogP contribution >= 0.6 is 0 Å². The number of nitrogens with zero attached hydrogens (tertiary/aromatic N) is 1. The van der Waals surface area contributed by atoms with Crippen LogP contribution in [0.1, 0.15) is 11.1 Å². The van der Waals surface area contributed by atoms with Crippen LogP contribution in [0.3, 0.4) is 0 Å². The molecular formula is C13H14N2O2. The molecule has 1 heterocycles. The second-order valence-corrected chi connectivity index (χ2v) is 3.94. The maximum Gasteiger partial charge on any atom is 0.404 e. The van der Waals surface area contributed by atoms with Gasteiger partial charge in [0, 0.05) is 24.3 Å². The van der Waals surface area contributed by atoms with E-state index >= 15 is 0 Å². The Labute approximate surface area is 99.3 Å². The third kappa shape index (κ3) is 2.53. The molecule has 0 spiro atoms. The van der Waals surface area contributed by atoms with E-state index in [0.29, 0.717) is 13.0 Å². The maximum absolute atomic E-state index is 10.4. The predicted octanol–water partition coefficient (Wildman–Crippen LogP) is 2.35. The van der Waals surface area contributed by atoms with E-state index in [1.54, 1.807) is 6.20 Å². The number of aromatic nitrogens is 1. The van der Waals surface area contributed by atoms with Crippen molar-refractivity contribution in [2.75, 3.05) is 6.54 Å². The van der Waals surface area contributed by atoms with E-state index < -0.39 is 6.09 Å². The number of nitrogens with one attached hydrogen (secondary N) is 1. The van der Waals surface area contributed by atoms with Crippen LogP contribution < -0.4 is 5.32 Å². The molecule has 0 aliphatic rings. The van der Waals surface area contributed by atoms with Gasteiger partial charge >= 0.3 is 6.09 Å². The Morgan fingerprint density at radius 1 is 1.41 bits per heavy atom. The first-order chi connectivity index (χ1) is 8.18. The first-order valence-corrected chi connectivity index (χ1v) is 5.47. The number of carbonyl (C=O) groups is 1. The number of hydrogen-bond acceptors (Lipinski definition) is 2. The molecule has 17 heavy (non-hydrogen) atoms. The number of amides is 1. The molecule has 4 heteroatoms. The fourth-order valence-corrected chi connectivity index (χ4v) is 1.97. The summed E-state index contributed by atoms with van der Waals surface area (Å²) in [7, 11) is 0. The lowest BCUT2D eigenvalue weighted by Gasteiger charge is -2.09. The van der Waals surface area contributed by atoms with Crippen LogP contribution in [0.4, 0.5) is 4.79 Å². The second-order valence-electron chi connectivity index (χ2n) is 3.94. The van der Waals surface area contributed by atoms with Gasteiger partial charge in [0.2, 0.25) is 0 Å². The largest absolute Gasteiger partial charge is 0.465 e. The van der Waals surface area contributed by atoms with Gasteiger partial charge in [-0.15, -0.1) is 0 Å². The molecule has 88 valence electrons. The van der Waals surface area contributed by atoms with E-state index in [9.17, 15) is 4.79 Å². The SMILES string of the molecule is Cc1ccc2cnccc2c1CCNC(=O)O. The molecule has 0 saturated heterocycles. The quantitative estimate of drug-likeness (QED) is 0.850. The van der Waals surface area contributed by atoms with Gasteiger partial charge < -0.3 is 10.4 Å². The molecule has 0 aliphatic carbocycles. The third-order valence-electron chi connectivity index (χ3n) is 2.82. The van der Waals surface area contributed by atoms with Gasteiger partial charge in [-0.1, -0.05) is 12.1 Å². The molecule has 2 N–H and O–H groups in total. The van der Waals surface area contributed by atoms with Crippen molar-refractivity contribution in [3.8, 4) is 0 Å². The standard InChI is InChI=1S/C13H14N2O2/c1-9-2-3-10-8-14-6-4-12(10)11(9)5-7-15-13(16)17/h2-4,6,8,15H,5,7H2,1H3,(H,16,17). The van der Waals surface area contributed by atoms with E-state index in [2.05, 4.69) is 10.3 Å². The van der Waals surface area contributed by atoms with Crippen molar-refractivity contribution >= 4 is 16.9 Å². The summed E-state index contributed by atoms with van der Waals surface area (Å²) in [6.45, 7) is 2.47. The summed E-state index contributed by atoms with van der Waals surface area (Å²) in [4.78, 5) is 14.5. The van der Waals surface area contributed by atoms with Crippen LogP contribution in [-0.2, 0) is 6.42 Å². The minimum absolute atomic E-state index is 0.428. The Hall–Kier alpha value is -2.10. The van der Waals surface area contributed by atoms with Crippen molar-refractivity contribution in [3.05, 3.63) is 41.7 Å². The molecule has 2 aromatic rings. The fraction of sp³-hybridized carbons (Fsp3) is 0.231. The van der Waals surface area contributed by atoms with Crippen LogP contribution in [0.2, 0.25) is 0 Å². The van der Waals surface area contributed by atoms with E-state index in [1.807, 2.05) is 31.3 Å². The molecule has 1 aromatic heterocycles. The number of rotatable bonds is 3. The van der Waals surface area contributed by atoms with Crippen LogP contribution in [0, 0.1) is 6.92 Å². The van der Waals surface area contributed by atoms with Gasteiger partial charge in [0.05, 0.1) is 0 Å². The molecule has 0 saturated carbocycles. The summed E-state index contributed by atoms with van der Waals surface area (Å²) < 4.78 is 0. The van der Waals surface area contributed by atoms with E-state index in [4.69, 9.17) is 5.11 Å². The number of carboxylic acid groups (broad SMARTS) is 1. The number of pyridine rings is 1. The van der Waals surface area contributed by atoms with Gasteiger partial charge in [-0.2, -0.15) is 0 Å². The first kappa shape index (κ1) is 11.4. The minimum Gasteiger partial charge on any atom is -0.465 e. The van der Waals surface area contributed by atoms with Gasteiger partial charge in [0.1, 0.15) is 0 Å². The van der Waals surface area contributed by atoms with Crippen molar-refractivity contribution in [2.45, 2.75) is 13.3 Å². The second kappa shape index (κ2) is 4.82. The lowest BCUT2D eigenvalue weighted by atomic mass is 9.99. The van der Waals surface area contributed by atoms with Gasteiger partial charge in [-0.05, 0) is 35.9 Å². The highest BCUT2D eigenvalue weighted by Crippen LogP contribution is 2.21. The maximum atomic E-state index is 10.4. The molecular weight excluding hydrogens is 216 g/mol. The van der Waals surface area contributed by atoms with Crippen molar-refractivity contribution in [3.63, 3.8) is 0 Å². The van der Waals surface area contributed by atoms with Gasteiger partial charge in [-0.3, -0.25) is 4.98 Å². The summed E-state index contributed by atoms with van der Waals surface area (Å²) in [6.07, 6.45) is 3.29. The molecule has 0 bridgehead atoms. The van der Waals surface area contributed by atoms with Gasteiger partial charge in [0.25, 0.3) is 0 Å². The molecule has 4 nitrogen and oxygen atoms in total. The average Bonchev–Trinajstić information content (AvgIpc) is 2.32. The lowest BCUT2D eigenvalue weighted by Crippen LogP contribution is -2.23. The highest BCUT2D eigenvalue weighted by Gasteiger charge is 2.05. The van der Waals surface area contributed by atoms with Crippen LogP contribution in [-0.4, -0.2) is 22.7 Å². The molecule has 0 unspecified atom stereocenters. The van der Waals surface area contributed by atoms with Gasteiger partial charge in [-0.25, -0.2) is 4.79 Å². The zero-order valence-corrected chi connectivity index (χ0v) is 9.60. The first-order valence-electron chi connectivity index (χ1n) is 5.47. The van der Waals surface area contributed by atoms with E-state index in [-0.39, 0.29) is 0 Å². The topological polar surface area (TPSA) is 62.2 Å². The fourth-order valence-electron chi connectivity index (χ4n) is 1.97. The molecule has 0 radical (unpaired) electrons. The minimum atomic E-state index is -0.982. The third-order valence-corrected chi connectivity index (χ3v) is 2.82. The molecule has 0 fully saturated rings. The zero-order chi connectivity index (χ0) is 12.3. The Morgan fingerprint density at radius 3 is 3.00 bits per heavy atom. The zero-order valence-electron chi connectivity index (χ0n) is 9.60. The highest BCUT2D eigenvalue weighted by atomic mass is 16.4. The molecule has 1 aromatic carbocycles. The monoisotopic (exact) mass is 230 g/mol.